The number of hydrogen-bond donors (Lipinski definition) is 3. The molecule has 1 aromatic heterocycles. The summed E-state index contributed by atoms with van der Waals surface area (Å²) < 4.78 is 5.56. The van der Waals surface area contributed by atoms with Crippen molar-refractivity contribution in [3.63, 3.8) is 0 Å². The molecule has 0 aliphatic carbocycles. The van der Waals surface area contributed by atoms with E-state index in [1.54, 1.807) is 4.90 Å². The Kier molecular flexibility index (Phi) is 7.75. The van der Waals surface area contributed by atoms with Gasteiger partial charge in [0.15, 0.2) is 0 Å². The van der Waals surface area contributed by atoms with Gasteiger partial charge in [-0.05, 0) is 49.4 Å². The number of aromatic nitrogens is 1. The largest absolute Gasteiger partial charge is 0.379 e. The van der Waals surface area contributed by atoms with Crippen LogP contribution in [-0.4, -0.2) is 58.9 Å². The number of hydrogen-bond acceptors (Lipinski definition) is 4. The van der Waals surface area contributed by atoms with Crippen molar-refractivity contribution < 1.29 is 19.1 Å². The first-order chi connectivity index (χ1) is 18.8. The van der Waals surface area contributed by atoms with Crippen LogP contribution in [0.5, 0.6) is 0 Å². The number of carbonyl (C=O) groups is 3. The molecular formula is C31H38N4O4. The highest BCUT2D eigenvalue weighted by molar-refractivity contribution is 6.04. The number of rotatable bonds is 10. The molecule has 2 aliphatic rings. The number of nitrogens with zero attached hydrogens (tertiary/aromatic N) is 1. The Balaban J connectivity index is 1.42. The van der Waals surface area contributed by atoms with E-state index in [9.17, 15) is 14.4 Å². The van der Waals surface area contributed by atoms with E-state index in [-0.39, 0.29) is 35.8 Å². The first kappa shape index (κ1) is 26.9. The van der Waals surface area contributed by atoms with Gasteiger partial charge < -0.3 is 25.3 Å². The highest BCUT2D eigenvalue weighted by Crippen LogP contribution is 2.46. The van der Waals surface area contributed by atoms with Crippen molar-refractivity contribution in [2.75, 3.05) is 13.2 Å². The molecule has 8 heteroatoms. The average Bonchev–Trinajstić information content (AvgIpc) is 3.45. The summed E-state index contributed by atoms with van der Waals surface area (Å²) in [5.74, 6) is -0.746. The molecule has 0 saturated heterocycles. The second-order valence-corrected chi connectivity index (χ2v) is 10.9. The second-order valence-electron chi connectivity index (χ2n) is 10.9. The van der Waals surface area contributed by atoms with E-state index in [4.69, 9.17) is 4.74 Å². The molecule has 2 unspecified atom stereocenters. The molecule has 8 nitrogen and oxygen atoms in total. The van der Waals surface area contributed by atoms with Crippen LogP contribution in [0, 0.1) is 5.92 Å². The van der Waals surface area contributed by atoms with Crippen molar-refractivity contribution in [3.05, 3.63) is 70.9 Å². The smallest absolute Gasteiger partial charge is 0.255 e. The van der Waals surface area contributed by atoms with E-state index in [0.717, 1.165) is 34.1 Å². The summed E-state index contributed by atoms with van der Waals surface area (Å²) in [7, 11) is 0. The molecule has 0 spiro atoms. The SMILES string of the molecule is CCC(C)[C@H](NC(=O)[C@@H]1Cc2c([nH]c3ccccc23)C2c3ccccc3C(=O)N21)C(=O)NCCCOC(C)C. The van der Waals surface area contributed by atoms with Gasteiger partial charge in [0.2, 0.25) is 11.8 Å². The molecule has 0 radical (unpaired) electrons. The van der Waals surface area contributed by atoms with Gasteiger partial charge >= 0.3 is 0 Å². The Bertz CT molecular complexity index is 1380. The molecule has 3 aromatic rings. The van der Waals surface area contributed by atoms with Crippen LogP contribution in [0.1, 0.15) is 73.8 Å². The molecule has 3 amide bonds. The van der Waals surface area contributed by atoms with Crippen LogP contribution in [0.2, 0.25) is 0 Å². The van der Waals surface area contributed by atoms with Crippen LogP contribution in [0.25, 0.3) is 10.9 Å². The molecule has 0 saturated carbocycles. The molecule has 5 rings (SSSR count). The molecule has 4 atom stereocenters. The minimum Gasteiger partial charge on any atom is -0.379 e. The van der Waals surface area contributed by atoms with E-state index in [1.807, 2.05) is 70.2 Å². The van der Waals surface area contributed by atoms with Crippen molar-refractivity contribution in [1.82, 2.24) is 20.5 Å². The molecule has 3 N–H and O–H groups in total. The number of fused-ring (bicyclic) bond motifs is 7. The summed E-state index contributed by atoms with van der Waals surface area (Å²) in [6, 6.07) is 13.8. The summed E-state index contributed by atoms with van der Waals surface area (Å²) >= 11 is 0. The minimum absolute atomic E-state index is 0.0737. The fourth-order valence-corrected chi connectivity index (χ4v) is 5.80. The zero-order chi connectivity index (χ0) is 27.7. The number of aromatic amines is 1. The van der Waals surface area contributed by atoms with Crippen molar-refractivity contribution in [2.45, 2.75) is 71.2 Å². The predicted octanol–water partition coefficient (Wildman–Crippen LogP) is 4.10. The van der Waals surface area contributed by atoms with Crippen LogP contribution in [-0.2, 0) is 20.7 Å². The number of ether oxygens (including phenoxy) is 1. The maximum absolute atomic E-state index is 14.0. The summed E-state index contributed by atoms with van der Waals surface area (Å²) in [5.41, 5.74) is 4.50. The lowest BCUT2D eigenvalue weighted by Crippen LogP contribution is -2.58. The molecule has 0 bridgehead atoms. The van der Waals surface area contributed by atoms with Gasteiger partial charge in [0.05, 0.1) is 12.1 Å². The molecule has 2 aromatic carbocycles. The maximum Gasteiger partial charge on any atom is 0.255 e. The number of para-hydroxylation sites is 1. The molecular weight excluding hydrogens is 492 g/mol. The topological polar surface area (TPSA) is 104 Å². The third kappa shape index (κ3) is 5.05. The Morgan fingerprint density at radius 2 is 1.85 bits per heavy atom. The van der Waals surface area contributed by atoms with Gasteiger partial charge in [0, 0.05) is 41.7 Å². The Labute approximate surface area is 229 Å². The fourth-order valence-electron chi connectivity index (χ4n) is 5.80. The summed E-state index contributed by atoms with van der Waals surface area (Å²) in [6.45, 7) is 8.95. The number of H-pyrrole nitrogens is 1. The van der Waals surface area contributed by atoms with Gasteiger partial charge in [-0.1, -0.05) is 56.7 Å². The Morgan fingerprint density at radius 3 is 2.62 bits per heavy atom. The average molecular weight is 531 g/mol. The standard InChI is InChI=1S/C31H38N4O4/c1-5-19(4)26(30(37)32-15-10-16-39-18(2)3)34-29(36)25-17-23-20-11-8-9-14-24(20)33-27(23)28-21-12-6-7-13-22(21)31(38)35(25)28/h6-9,11-14,18-19,25-26,28,33H,5,10,15-17H2,1-4H3,(H,32,37)(H,34,36)/t19?,25-,26-,28?/m0/s1. The lowest BCUT2D eigenvalue weighted by Gasteiger charge is -2.38. The minimum atomic E-state index is -0.736. The van der Waals surface area contributed by atoms with E-state index in [1.165, 1.54) is 0 Å². The molecule has 2 aliphatic heterocycles. The third-order valence-electron chi connectivity index (χ3n) is 8.02. The number of benzene rings is 2. The lowest BCUT2D eigenvalue weighted by molar-refractivity contribution is -0.133. The molecule has 0 fully saturated rings. The highest BCUT2D eigenvalue weighted by atomic mass is 16.5. The van der Waals surface area contributed by atoms with Crippen molar-refractivity contribution in [2.24, 2.45) is 5.92 Å². The first-order valence-corrected chi connectivity index (χ1v) is 14.0. The Morgan fingerprint density at radius 1 is 1.10 bits per heavy atom. The molecule has 39 heavy (non-hydrogen) atoms. The summed E-state index contributed by atoms with van der Waals surface area (Å²) in [6.07, 6.45) is 1.94. The highest BCUT2D eigenvalue weighted by Gasteiger charge is 2.49. The monoisotopic (exact) mass is 530 g/mol. The second kappa shape index (κ2) is 11.2. The van der Waals surface area contributed by atoms with Crippen LogP contribution in [0.15, 0.2) is 48.5 Å². The van der Waals surface area contributed by atoms with Crippen molar-refractivity contribution in [3.8, 4) is 0 Å². The lowest BCUT2D eigenvalue weighted by atomic mass is 9.89. The van der Waals surface area contributed by atoms with Gasteiger partial charge in [-0.2, -0.15) is 0 Å². The van der Waals surface area contributed by atoms with Gasteiger partial charge in [0.1, 0.15) is 12.1 Å². The van der Waals surface area contributed by atoms with Gasteiger partial charge in [-0.3, -0.25) is 14.4 Å². The molecule has 3 heterocycles. The summed E-state index contributed by atoms with van der Waals surface area (Å²) in [5, 5.41) is 7.06. The zero-order valence-electron chi connectivity index (χ0n) is 23.1. The Hall–Kier alpha value is -3.65. The normalized spacial score (nSPS) is 19.4. The quantitative estimate of drug-likeness (QED) is 0.344. The van der Waals surface area contributed by atoms with E-state index >= 15 is 0 Å². The molecule has 206 valence electrons. The predicted molar refractivity (Wildman–Crippen MR) is 150 cm³/mol. The summed E-state index contributed by atoms with van der Waals surface area (Å²) in [4.78, 5) is 46.1. The van der Waals surface area contributed by atoms with Crippen LogP contribution in [0.3, 0.4) is 0 Å². The number of amides is 3. The van der Waals surface area contributed by atoms with Gasteiger partial charge in [0.25, 0.3) is 5.91 Å². The van der Waals surface area contributed by atoms with Crippen molar-refractivity contribution in [1.29, 1.82) is 0 Å². The maximum atomic E-state index is 14.0. The van der Waals surface area contributed by atoms with E-state index in [2.05, 4.69) is 21.7 Å². The van der Waals surface area contributed by atoms with Gasteiger partial charge in [-0.25, -0.2) is 0 Å². The van der Waals surface area contributed by atoms with Crippen LogP contribution < -0.4 is 10.6 Å². The number of nitrogens with one attached hydrogen (secondary N) is 3. The number of carbonyl (C=O) groups excluding carboxylic acids is 3. The van der Waals surface area contributed by atoms with Crippen LogP contribution >= 0.6 is 0 Å². The van der Waals surface area contributed by atoms with E-state index in [0.29, 0.717) is 31.6 Å². The van der Waals surface area contributed by atoms with E-state index < -0.39 is 12.1 Å². The van der Waals surface area contributed by atoms with Crippen molar-refractivity contribution >= 4 is 28.6 Å². The van der Waals surface area contributed by atoms with Crippen LogP contribution in [0.4, 0.5) is 0 Å². The fraction of sp³-hybridized carbons (Fsp3) is 0.452. The third-order valence-corrected chi connectivity index (χ3v) is 8.02. The van der Waals surface area contributed by atoms with Gasteiger partial charge in [-0.15, -0.1) is 0 Å². The zero-order valence-corrected chi connectivity index (χ0v) is 23.1. The first-order valence-electron chi connectivity index (χ1n) is 14.0.